The van der Waals surface area contributed by atoms with Gasteiger partial charge in [-0.3, -0.25) is 3.53 Å². The van der Waals surface area contributed by atoms with Crippen LogP contribution in [0.5, 0.6) is 0 Å². The third-order valence-corrected chi connectivity index (χ3v) is 1.26. The van der Waals surface area contributed by atoms with Crippen molar-refractivity contribution in [2.75, 3.05) is 0 Å². The maximum absolute atomic E-state index is 3.85. The van der Waals surface area contributed by atoms with Gasteiger partial charge in [0, 0.05) is 35.6 Å². The Balaban J connectivity index is 2.61. The summed E-state index contributed by atoms with van der Waals surface area (Å²) >= 11 is 2.07. The maximum atomic E-state index is 3.85. The lowest BCUT2D eigenvalue weighted by molar-refractivity contribution is 0.876. The van der Waals surface area contributed by atoms with Crippen LogP contribution in [0.1, 0.15) is 5.69 Å². The van der Waals surface area contributed by atoms with Gasteiger partial charge in [-0.25, -0.2) is 0 Å². The van der Waals surface area contributed by atoms with Gasteiger partial charge in [-0.2, -0.15) is 10.2 Å². The second-order valence-electron chi connectivity index (χ2n) is 1.53. The molecule has 0 atom stereocenters. The lowest BCUT2D eigenvalue weighted by atomic mass is 10.4. The van der Waals surface area contributed by atoms with Crippen LogP contribution in [-0.2, 0) is 6.54 Å². The first-order valence-corrected chi connectivity index (χ1v) is 3.61. The van der Waals surface area contributed by atoms with E-state index in [2.05, 4.69) is 36.6 Å². The SMILES string of the molecule is INCc1cccnn1. The number of nitrogens with one attached hydrogen (secondary N) is 1. The Bertz CT molecular complexity index is 165. The summed E-state index contributed by atoms with van der Waals surface area (Å²) in [5.41, 5.74) is 0.965. The molecule has 48 valence electrons. The molecule has 1 aromatic rings. The lowest BCUT2D eigenvalue weighted by Gasteiger charge is -1.92. The van der Waals surface area contributed by atoms with E-state index < -0.39 is 0 Å². The largest absolute Gasteiger partial charge is 0.255 e. The zero-order valence-electron chi connectivity index (χ0n) is 4.71. The fraction of sp³-hybridized carbons (Fsp3) is 0.200. The molecule has 0 aromatic carbocycles. The lowest BCUT2D eigenvalue weighted by Crippen LogP contribution is -2.00. The molecule has 0 unspecified atom stereocenters. The van der Waals surface area contributed by atoms with Crippen LogP contribution in [0.25, 0.3) is 0 Å². The minimum absolute atomic E-state index is 0.772. The summed E-state index contributed by atoms with van der Waals surface area (Å²) in [6.07, 6.45) is 1.66. The third-order valence-electron chi connectivity index (χ3n) is 0.875. The molecule has 4 heteroatoms. The Kier molecular flexibility index (Phi) is 2.85. The van der Waals surface area contributed by atoms with Gasteiger partial charge in [0.15, 0.2) is 0 Å². The molecule has 0 fully saturated rings. The second-order valence-corrected chi connectivity index (χ2v) is 2.29. The van der Waals surface area contributed by atoms with Crippen molar-refractivity contribution in [3.05, 3.63) is 24.0 Å². The summed E-state index contributed by atoms with van der Waals surface area (Å²) in [5, 5.41) is 7.56. The molecule has 0 saturated carbocycles. The molecule has 1 heterocycles. The molecule has 1 aromatic heterocycles. The van der Waals surface area contributed by atoms with E-state index in [9.17, 15) is 0 Å². The van der Waals surface area contributed by atoms with Crippen molar-refractivity contribution in [3.8, 4) is 0 Å². The van der Waals surface area contributed by atoms with Gasteiger partial charge in [0.2, 0.25) is 0 Å². The molecule has 9 heavy (non-hydrogen) atoms. The zero-order chi connectivity index (χ0) is 6.53. The molecule has 3 nitrogen and oxygen atoms in total. The van der Waals surface area contributed by atoms with Gasteiger partial charge in [0.25, 0.3) is 0 Å². The fourth-order valence-electron chi connectivity index (χ4n) is 0.496. The summed E-state index contributed by atoms with van der Waals surface area (Å²) in [6, 6.07) is 3.80. The molecule has 0 spiro atoms. The monoisotopic (exact) mass is 235 g/mol. The highest BCUT2D eigenvalue weighted by Crippen LogP contribution is 1.89. The molecular formula is C5H6IN3. The summed E-state index contributed by atoms with van der Waals surface area (Å²) in [7, 11) is 0. The van der Waals surface area contributed by atoms with E-state index in [4.69, 9.17) is 0 Å². The number of halogens is 1. The maximum Gasteiger partial charge on any atom is 0.0776 e. The van der Waals surface area contributed by atoms with Crippen LogP contribution >= 0.6 is 22.9 Å². The Hall–Kier alpha value is -0.230. The van der Waals surface area contributed by atoms with Crippen LogP contribution < -0.4 is 3.53 Å². The predicted molar refractivity (Wildman–Crippen MR) is 42.9 cm³/mol. The van der Waals surface area contributed by atoms with E-state index in [-0.39, 0.29) is 0 Å². The molecule has 0 amide bonds. The van der Waals surface area contributed by atoms with Gasteiger partial charge in [-0.1, -0.05) is 0 Å². The normalized spacial score (nSPS) is 9.44. The van der Waals surface area contributed by atoms with E-state index in [0.29, 0.717) is 0 Å². The first kappa shape index (κ1) is 6.88. The Labute approximate surface area is 67.4 Å². The Morgan fingerprint density at radius 1 is 1.67 bits per heavy atom. The second kappa shape index (κ2) is 3.73. The van der Waals surface area contributed by atoms with Crippen LogP contribution in [0.3, 0.4) is 0 Å². The number of aromatic nitrogens is 2. The average molecular weight is 235 g/mol. The van der Waals surface area contributed by atoms with E-state index in [0.717, 1.165) is 12.2 Å². The van der Waals surface area contributed by atoms with E-state index in [1.54, 1.807) is 6.20 Å². The van der Waals surface area contributed by atoms with Gasteiger partial charge < -0.3 is 0 Å². The van der Waals surface area contributed by atoms with Crippen LogP contribution in [0.15, 0.2) is 18.3 Å². The predicted octanol–water partition coefficient (Wildman–Crippen LogP) is 0.916. The van der Waals surface area contributed by atoms with Crippen molar-refractivity contribution in [2.45, 2.75) is 6.54 Å². The fourth-order valence-corrected chi connectivity index (χ4v) is 0.887. The number of hydrogen-bond donors (Lipinski definition) is 1. The molecule has 1 N–H and O–H groups in total. The highest BCUT2D eigenvalue weighted by molar-refractivity contribution is 14.1. The third kappa shape index (κ3) is 2.23. The van der Waals surface area contributed by atoms with E-state index >= 15 is 0 Å². The molecule has 0 aliphatic rings. The molecule has 0 saturated heterocycles. The summed E-state index contributed by atoms with van der Waals surface area (Å²) < 4.78 is 2.95. The van der Waals surface area contributed by atoms with Crippen molar-refractivity contribution < 1.29 is 0 Å². The first-order valence-electron chi connectivity index (χ1n) is 2.53. The van der Waals surface area contributed by atoms with Crippen LogP contribution in [0.4, 0.5) is 0 Å². The molecule has 0 bridgehead atoms. The minimum atomic E-state index is 0.772. The van der Waals surface area contributed by atoms with Crippen LogP contribution in [-0.4, -0.2) is 10.2 Å². The molecular weight excluding hydrogens is 229 g/mol. The van der Waals surface area contributed by atoms with E-state index in [1.807, 2.05) is 12.1 Å². The molecule has 0 aliphatic heterocycles. The zero-order valence-corrected chi connectivity index (χ0v) is 6.87. The topological polar surface area (TPSA) is 37.8 Å². The summed E-state index contributed by atoms with van der Waals surface area (Å²) in [5.74, 6) is 0. The van der Waals surface area contributed by atoms with Crippen LogP contribution in [0.2, 0.25) is 0 Å². The quantitative estimate of drug-likeness (QED) is 0.611. The van der Waals surface area contributed by atoms with Crippen molar-refractivity contribution in [1.29, 1.82) is 0 Å². The van der Waals surface area contributed by atoms with Crippen molar-refractivity contribution in [2.24, 2.45) is 0 Å². The van der Waals surface area contributed by atoms with Gasteiger partial charge in [0.05, 0.1) is 5.69 Å². The van der Waals surface area contributed by atoms with Gasteiger partial charge in [-0.05, 0) is 12.1 Å². The number of rotatable bonds is 2. The molecule has 1 rings (SSSR count). The highest BCUT2D eigenvalue weighted by Gasteiger charge is 1.87. The Morgan fingerprint density at radius 2 is 2.56 bits per heavy atom. The first-order chi connectivity index (χ1) is 4.43. The highest BCUT2D eigenvalue weighted by atomic mass is 127. The van der Waals surface area contributed by atoms with Crippen molar-refractivity contribution in [1.82, 2.24) is 13.7 Å². The van der Waals surface area contributed by atoms with Gasteiger partial charge in [-0.15, -0.1) is 0 Å². The molecule has 0 aliphatic carbocycles. The summed E-state index contributed by atoms with van der Waals surface area (Å²) in [4.78, 5) is 0. The molecule has 0 radical (unpaired) electrons. The summed E-state index contributed by atoms with van der Waals surface area (Å²) in [6.45, 7) is 0.772. The van der Waals surface area contributed by atoms with Crippen molar-refractivity contribution >= 4 is 22.9 Å². The van der Waals surface area contributed by atoms with Crippen molar-refractivity contribution in [3.63, 3.8) is 0 Å². The Morgan fingerprint density at radius 3 is 3.11 bits per heavy atom. The number of hydrogen-bond acceptors (Lipinski definition) is 3. The number of nitrogens with zero attached hydrogens (tertiary/aromatic N) is 2. The average Bonchev–Trinajstić information content (AvgIpc) is 1.91. The van der Waals surface area contributed by atoms with Gasteiger partial charge >= 0.3 is 0 Å². The minimum Gasteiger partial charge on any atom is -0.255 e. The smallest absolute Gasteiger partial charge is 0.0776 e. The van der Waals surface area contributed by atoms with Crippen LogP contribution in [0, 0.1) is 0 Å². The standard InChI is InChI=1S/C5H6IN3/c6-7-4-5-2-1-3-8-9-5/h1-3,7H,4H2. The van der Waals surface area contributed by atoms with E-state index in [1.165, 1.54) is 0 Å². The van der Waals surface area contributed by atoms with Gasteiger partial charge in [0.1, 0.15) is 0 Å².